The Labute approximate surface area is 90.8 Å². The number of benzene rings is 1. The van der Waals surface area contributed by atoms with E-state index in [0.29, 0.717) is 6.54 Å². The number of hydrogen-bond acceptors (Lipinski definition) is 3. The van der Waals surface area contributed by atoms with Gasteiger partial charge in [-0.05, 0) is 31.0 Å². The smallest absolute Gasteiger partial charge is 0.115 e. The van der Waals surface area contributed by atoms with E-state index in [1.54, 1.807) is 24.3 Å². The largest absolute Gasteiger partial charge is 0.508 e. The molecule has 1 aromatic carbocycles. The van der Waals surface area contributed by atoms with E-state index in [4.69, 9.17) is 5.11 Å². The molecule has 0 spiro atoms. The van der Waals surface area contributed by atoms with Crippen molar-refractivity contribution in [2.24, 2.45) is 0 Å². The molecule has 1 rings (SSSR count). The molecule has 0 bridgehead atoms. The molecule has 15 heavy (non-hydrogen) atoms. The summed E-state index contributed by atoms with van der Waals surface area (Å²) in [5.74, 6) is 0.211. The predicted octanol–water partition coefficient (Wildman–Crippen LogP) is 1.63. The molecule has 0 saturated carbocycles. The van der Waals surface area contributed by atoms with E-state index in [2.05, 4.69) is 12.2 Å². The maximum absolute atomic E-state index is 9.78. The highest BCUT2D eigenvalue weighted by molar-refractivity contribution is 5.27. The Morgan fingerprint density at radius 2 is 1.93 bits per heavy atom. The minimum absolute atomic E-state index is 0.164. The zero-order chi connectivity index (χ0) is 11.3. The molecule has 2 atom stereocenters. The highest BCUT2D eigenvalue weighted by atomic mass is 16.3. The molecule has 0 heterocycles. The van der Waals surface area contributed by atoms with Crippen LogP contribution >= 0.6 is 0 Å². The molecular formula is C12H18NO2. The lowest BCUT2D eigenvalue weighted by atomic mass is 10.1. The molecule has 0 fully saturated rings. The Bertz CT molecular complexity index is 284. The number of aliphatic hydroxyl groups is 1. The number of hydrogen-bond donors (Lipinski definition) is 3. The average Bonchev–Trinajstić information content (AvgIpc) is 2.26. The maximum Gasteiger partial charge on any atom is 0.115 e. The van der Waals surface area contributed by atoms with E-state index in [1.165, 1.54) is 0 Å². The van der Waals surface area contributed by atoms with Crippen molar-refractivity contribution in [1.29, 1.82) is 0 Å². The summed E-state index contributed by atoms with van der Waals surface area (Å²) in [4.78, 5) is 0. The van der Waals surface area contributed by atoms with Gasteiger partial charge in [0.25, 0.3) is 0 Å². The number of aromatic hydroxyl groups is 1. The SMILES string of the molecule is [CH2]C(CC)NCC(O)c1ccc(O)cc1. The lowest BCUT2D eigenvalue weighted by molar-refractivity contribution is 0.171. The number of rotatable bonds is 5. The monoisotopic (exact) mass is 208 g/mol. The van der Waals surface area contributed by atoms with Gasteiger partial charge in [0.2, 0.25) is 0 Å². The fourth-order valence-electron chi connectivity index (χ4n) is 1.24. The molecule has 3 heteroatoms. The molecule has 2 unspecified atom stereocenters. The van der Waals surface area contributed by atoms with Crippen molar-refractivity contribution in [1.82, 2.24) is 5.32 Å². The van der Waals surface area contributed by atoms with Crippen LogP contribution in [0.5, 0.6) is 5.75 Å². The topological polar surface area (TPSA) is 52.5 Å². The van der Waals surface area contributed by atoms with Gasteiger partial charge in [-0.2, -0.15) is 0 Å². The summed E-state index contributed by atoms with van der Waals surface area (Å²) < 4.78 is 0. The fourth-order valence-corrected chi connectivity index (χ4v) is 1.24. The highest BCUT2D eigenvalue weighted by Crippen LogP contribution is 2.16. The summed E-state index contributed by atoms with van der Waals surface area (Å²) in [6.45, 7) is 6.39. The zero-order valence-corrected chi connectivity index (χ0v) is 8.98. The number of aliphatic hydroxyl groups excluding tert-OH is 1. The van der Waals surface area contributed by atoms with Gasteiger partial charge in [-0.1, -0.05) is 19.1 Å². The Kier molecular flexibility index (Phi) is 4.59. The van der Waals surface area contributed by atoms with Crippen LogP contribution in [0, 0.1) is 6.92 Å². The van der Waals surface area contributed by atoms with Gasteiger partial charge in [-0.3, -0.25) is 0 Å². The summed E-state index contributed by atoms with van der Waals surface area (Å²) in [5, 5.41) is 22.0. The molecule has 3 nitrogen and oxygen atoms in total. The first-order valence-electron chi connectivity index (χ1n) is 5.17. The number of nitrogens with one attached hydrogen (secondary N) is 1. The number of phenolic OH excluding ortho intramolecular Hbond substituents is 1. The van der Waals surface area contributed by atoms with Crippen LogP contribution in [-0.4, -0.2) is 22.8 Å². The molecule has 0 amide bonds. The third kappa shape index (κ3) is 3.90. The van der Waals surface area contributed by atoms with Crippen LogP contribution in [0.2, 0.25) is 0 Å². The molecule has 1 aromatic rings. The van der Waals surface area contributed by atoms with E-state index < -0.39 is 6.10 Å². The first kappa shape index (κ1) is 12.0. The van der Waals surface area contributed by atoms with Crippen LogP contribution in [-0.2, 0) is 0 Å². The normalized spacial score (nSPS) is 14.9. The predicted molar refractivity (Wildman–Crippen MR) is 60.5 cm³/mol. The molecule has 0 aliphatic rings. The number of phenols is 1. The summed E-state index contributed by atoms with van der Waals surface area (Å²) >= 11 is 0. The van der Waals surface area contributed by atoms with Gasteiger partial charge in [0, 0.05) is 12.6 Å². The zero-order valence-electron chi connectivity index (χ0n) is 8.98. The van der Waals surface area contributed by atoms with Gasteiger partial charge in [-0.25, -0.2) is 0 Å². The molecule has 3 N–H and O–H groups in total. The first-order chi connectivity index (χ1) is 7.13. The third-order valence-electron chi connectivity index (χ3n) is 2.37. The van der Waals surface area contributed by atoms with E-state index >= 15 is 0 Å². The van der Waals surface area contributed by atoms with Crippen LogP contribution in [0.1, 0.15) is 25.0 Å². The minimum atomic E-state index is -0.554. The third-order valence-corrected chi connectivity index (χ3v) is 2.37. The van der Waals surface area contributed by atoms with Gasteiger partial charge in [-0.15, -0.1) is 0 Å². The van der Waals surface area contributed by atoms with Gasteiger partial charge < -0.3 is 15.5 Å². The van der Waals surface area contributed by atoms with Crippen molar-refractivity contribution < 1.29 is 10.2 Å². The minimum Gasteiger partial charge on any atom is -0.508 e. The van der Waals surface area contributed by atoms with Crippen LogP contribution in [0.15, 0.2) is 24.3 Å². The maximum atomic E-state index is 9.78. The second kappa shape index (κ2) is 5.73. The summed E-state index contributed by atoms with van der Waals surface area (Å²) in [6.07, 6.45) is 0.379. The fraction of sp³-hybridized carbons (Fsp3) is 0.417. The molecule has 0 aliphatic carbocycles. The molecule has 83 valence electrons. The lowest BCUT2D eigenvalue weighted by Gasteiger charge is -2.15. The Morgan fingerprint density at radius 1 is 1.33 bits per heavy atom. The van der Waals surface area contributed by atoms with Crippen molar-refractivity contribution in [2.75, 3.05) is 6.54 Å². The Balaban J connectivity index is 2.46. The summed E-state index contributed by atoms with van der Waals surface area (Å²) in [7, 11) is 0. The van der Waals surface area contributed by atoms with Crippen LogP contribution in [0.25, 0.3) is 0 Å². The van der Waals surface area contributed by atoms with Crippen molar-refractivity contribution in [2.45, 2.75) is 25.5 Å². The van der Waals surface area contributed by atoms with Crippen LogP contribution in [0.4, 0.5) is 0 Å². The second-order valence-corrected chi connectivity index (χ2v) is 3.62. The van der Waals surface area contributed by atoms with Crippen molar-refractivity contribution in [3.8, 4) is 5.75 Å². The van der Waals surface area contributed by atoms with Gasteiger partial charge in [0.05, 0.1) is 6.10 Å². The first-order valence-corrected chi connectivity index (χ1v) is 5.17. The van der Waals surface area contributed by atoms with Gasteiger partial charge in [0.15, 0.2) is 0 Å². The molecular weight excluding hydrogens is 190 g/mol. The van der Waals surface area contributed by atoms with Crippen LogP contribution < -0.4 is 5.32 Å². The van der Waals surface area contributed by atoms with E-state index in [1.807, 2.05) is 6.92 Å². The Morgan fingerprint density at radius 3 is 2.47 bits per heavy atom. The van der Waals surface area contributed by atoms with E-state index in [-0.39, 0.29) is 11.8 Å². The van der Waals surface area contributed by atoms with Crippen molar-refractivity contribution in [3.05, 3.63) is 36.8 Å². The molecule has 1 radical (unpaired) electrons. The molecule has 0 saturated heterocycles. The quantitative estimate of drug-likeness (QED) is 0.689. The van der Waals surface area contributed by atoms with E-state index in [0.717, 1.165) is 12.0 Å². The molecule has 0 aromatic heterocycles. The molecule has 0 aliphatic heterocycles. The Hall–Kier alpha value is -1.06. The van der Waals surface area contributed by atoms with Gasteiger partial charge in [0.1, 0.15) is 5.75 Å². The van der Waals surface area contributed by atoms with Crippen molar-refractivity contribution >= 4 is 0 Å². The standard InChI is InChI=1S/C12H18NO2/c1-3-9(2)13-8-12(15)10-4-6-11(14)7-5-10/h4-7,9,12-15H,2-3,8H2,1H3. The second-order valence-electron chi connectivity index (χ2n) is 3.62. The van der Waals surface area contributed by atoms with Crippen LogP contribution in [0.3, 0.4) is 0 Å². The lowest BCUT2D eigenvalue weighted by Crippen LogP contribution is -2.29. The van der Waals surface area contributed by atoms with Crippen molar-refractivity contribution in [3.63, 3.8) is 0 Å². The highest BCUT2D eigenvalue weighted by Gasteiger charge is 2.08. The van der Waals surface area contributed by atoms with E-state index in [9.17, 15) is 5.11 Å². The summed E-state index contributed by atoms with van der Waals surface area (Å²) in [6, 6.07) is 6.73. The van der Waals surface area contributed by atoms with Gasteiger partial charge >= 0.3 is 0 Å². The summed E-state index contributed by atoms with van der Waals surface area (Å²) in [5.41, 5.74) is 0.795. The average molecular weight is 208 g/mol.